The Hall–Kier alpha value is -0.940. The first-order valence-electron chi connectivity index (χ1n) is 7.98. The minimum atomic E-state index is -0.399. The zero-order chi connectivity index (χ0) is 15.1. The summed E-state index contributed by atoms with van der Waals surface area (Å²) in [7, 11) is 0. The first-order chi connectivity index (χ1) is 10.2. The van der Waals surface area contributed by atoms with Gasteiger partial charge in [-0.3, -0.25) is 9.80 Å². The highest BCUT2D eigenvalue weighted by atomic mass is 16.5. The second-order valence-electron chi connectivity index (χ2n) is 5.77. The van der Waals surface area contributed by atoms with Crippen molar-refractivity contribution in [3.05, 3.63) is 35.9 Å². The van der Waals surface area contributed by atoms with Gasteiger partial charge in [-0.05, 0) is 19.4 Å². The van der Waals surface area contributed by atoms with E-state index in [1.54, 1.807) is 0 Å². The van der Waals surface area contributed by atoms with Gasteiger partial charge in [0.2, 0.25) is 0 Å². The third-order valence-corrected chi connectivity index (χ3v) is 4.20. The van der Waals surface area contributed by atoms with Gasteiger partial charge in [-0.25, -0.2) is 0 Å². The summed E-state index contributed by atoms with van der Waals surface area (Å²) in [4.78, 5) is 4.83. The fourth-order valence-corrected chi connectivity index (χ4v) is 2.89. The molecule has 1 aliphatic rings. The predicted octanol–water partition coefficient (Wildman–Crippen LogP) is 1.76. The summed E-state index contributed by atoms with van der Waals surface area (Å²) in [6.45, 7) is 10.7. The van der Waals surface area contributed by atoms with E-state index in [4.69, 9.17) is 4.74 Å². The number of piperazine rings is 1. The van der Waals surface area contributed by atoms with E-state index in [9.17, 15) is 5.11 Å². The second kappa shape index (κ2) is 8.49. The van der Waals surface area contributed by atoms with Crippen molar-refractivity contribution in [3.8, 4) is 0 Å². The molecule has 0 aromatic heterocycles. The van der Waals surface area contributed by atoms with Crippen LogP contribution in [0.4, 0.5) is 0 Å². The van der Waals surface area contributed by atoms with Crippen molar-refractivity contribution in [2.45, 2.75) is 26.0 Å². The van der Waals surface area contributed by atoms with Crippen LogP contribution in [0.5, 0.6) is 0 Å². The highest BCUT2D eigenvalue weighted by Crippen LogP contribution is 2.17. The lowest BCUT2D eigenvalue weighted by atomic mass is 10.1. The van der Waals surface area contributed by atoms with Gasteiger partial charge >= 0.3 is 0 Å². The van der Waals surface area contributed by atoms with E-state index in [0.29, 0.717) is 12.6 Å². The number of ether oxygens (including phenoxy) is 1. The van der Waals surface area contributed by atoms with E-state index in [1.807, 2.05) is 37.3 Å². The Morgan fingerprint density at radius 3 is 2.71 bits per heavy atom. The summed E-state index contributed by atoms with van der Waals surface area (Å²) in [5.41, 5.74) is 1.00. The number of benzene rings is 1. The van der Waals surface area contributed by atoms with Crippen LogP contribution in [-0.4, -0.2) is 66.9 Å². The van der Waals surface area contributed by atoms with Crippen LogP contribution in [0.1, 0.15) is 25.5 Å². The smallest absolute Gasteiger partial charge is 0.0917 e. The maximum atomic E-state index is 10.4. The Bertz CT molecular complexity index is 399. The number of rotatable bonds is 7. The fourth-order valence-electron chi connectivity index (χ4n) is 2.89. The van der Waals surface area contributed by atoms with Gasteiger partial charge in [0.25, 0.3) is 0 Å². The van der Waals surface area contributed by atoms with Crippen LogP contribution in [0.3, 0.4) is 0 Å². The molecule has 2 atom stereocenters. The van der Waals surface area contributed by atoms with Crippen molar-refractivity contribution in [3.63, 3.8) is 0 Å². The number of β-amino-alcohol motifs (C(OH)–C–C–N with tert-alkyl or cyclic N) is 1. The fraction of sp³-hybridized carbons (Fsp3) is 0.647. The van der Waals surface area contributed by atoms with E-state index in [-0.39, 0.29) is 0 Å². The monoisotopic (exact) mass is 292 g/mol. The summed E-state index contributed by atoms with van der Waals surface area (Å²) in [6, 6.07) is 10.4. The molecule has 1 aromatic rings. The van der Waals surface area contributed by atoms with Crippen LogP contribution in [0.15, 0.2) is 30.3 Å². The van der Waals surface area contributed by atoms with E-state index in [0.717, 1.165) is 45.0 Å². The number of hydrogen-bond acceptors (Lipinski definition) is 4. The molecule has 4 nitrogen and oxygen atoms in total. The number of hydrogen-bond donors (Lipinski definition) is 1. The Kier molecular flexibility index (Phi) is 6.64. The van der Waals surface area contributed by atoms with E-state index in [2.05, 4.69) is 16.7 Å². The highest BCUT2D eigenvalue weighted by Gasteiger charge is 2.25. The molecule has 21 heavy (non-hydrogen) atoms. The van der Waals surface area contributed by atoms with Crippen molar-refractivity contribution in [2.75, 3.05) is 45.9 Å². The molecule has 0 saturated carbocycles. The molecule has 0 bridgehead atoms. The van der Waals surface area contributed by atoms with E-state index < -0.39 is 6.10 Å². The Labute approximate surface area is 128 Å². The van der Waals surface area contributed by atoms with Gasteiger partial charge in [0.1, 0.15) is 0 Å². The molecule has 0 aliphatic carbocycles. The van der Waals surface area contributed by atoms with Gasteiger partial charge in [-0.2, -0.15) is 0 Å². The number of aliphatic hydroxyl groups excluding tert-OH is 1. The molecule has 1 saturated heterocycles. The summed E-state index contributed by atoms with van der Waals surface area (Å²) in [6.07, 6.45) is -0.399. The molecule has 4 heteroatoms. The molecule has 1 aromatic carbocycles. The molecule has 2 unspecified atom stereocenters. The lowest BCUT2D eigenvalue weighted by molar-refractivity contribution is 0.0263. The van der Waals surface area contributed by atoms with Gasteiger partial charge in [-0.1, -0.05) is 30.3 Å². The Balaban J connectivity index is 1.78. The lowest BCUT2D eigenvalue weighted by Crippen LogP contribution is -2.53. The van der Waals surface area contributed by atoms with Gasteiger partial charge in [0.05, 0.1) is 12.7 Å². The second-order valence-corrected chi connectivity index (χ2v) is 5.77. The van der Waals surface area contributed by atoms with Gasteiger partial charge in [0, 0.05) is 45.4 Å². The first kappa shape index (κ1) is 16.4. The summed E-state index contributed by atoms with van der Waals surface area (Å²) in [5.74, 6) is 0. The van der Waals surface area contributed by atoms with E-state index in [1.165, 1.54) is 0 Å². The zero-order valence-corrected chi connectivity index (χ0v) is 13.2. The molecule has 1 aliphatic heterocycles. The highest BCUT2D eigenvalue weighted by molar-refractivity contribution is 5.17. The van der Waals surface area contributed by atoms with Crippen LogP contribution >= 0.6 is 0 Å². The van der Waals surface area contributed by atoms with Gasteiger partial charge in [0.15, 0.2) is 0 Å². The number of aliphatic hydroxyl groups is 1. The molecule has 0 radical (unpaired) electrons. The SMILES string of the molecule is CCOCCN1CCN(CC(O)c2ccccc2)C(C)C1. The molecule has 1 N–H and O–H groups in total. The van der Waals surface area contributed by atoms with Crippen molar-refractivity contribution >= 4 is 0 Å². The maximum absolute atomic E-state index is 10.4. The van der Waals surface area contributed by atoms with Gasteiger partial charge < -0.3 is 9.84 Å². The minimum absolute atomic E-state index is 0.399. The largest absolute Gasteiger partial charge is 0.387 e. The topological polar surface area (TPSA) is 35.9 Å². The van der Waals surface area contributed by atoms with Crippen LogP contribution in [0.25, 0.3) is 0 Å². The minimum Gasteiger partial charge on any atom is -0.387 e. The lowest BCUT2D eigenvalue weighted by Gasteiger charge is -2.40. The third-order valence-electron chi connectivity index (χ3n) is 4.20. The van der Waals surface area contributed by atoms with Gasteiger partial charge in [-0.15, -0.1) is 0 Å². The summed E-state index contributed by atoms with van der Waals surface area (Å²) in [5, 5.41) is 10.4. The molecule has 118 valence electrons. The van der Waals surface area contributed by atoms with Crippen LogP contribution < -0.4 is 0 Å². The maximum Gasteiger partial charge on any atom is 0.0917 e. The zero-order valence-electron chi connectivity index (χ0n) is 13.2. The van der Waals surface area contributed by atoms with Crippen molar-refractivity contribution < 1.29 is 9.84 Å². The van der Waals surface area contributed by atoms with Crippen molar-refractivity contribution in [1.82, 2.24) is 9.80 Å². The molecule has 1 fully saturated rings. The van der Waals surface area contributed by atoms with Crippen LogP contribution in [0, 0.1) is 0 Å². The van der Waals surface area contributed by atoms with Crippen molar-refractivity contribution in [1.29, 1.82) is 0 Å². The number of nitrogens with zero attached hydrogens (tertiary/aromatic N) is 2. The molecular formula is C17H28N2O2. The molecule has 0 amide bonds. The summed E-state index contributed by atoms with van der Waals surface area (Å²) < 4.78 is 5.43. The normalized spacial score (nSPS) is 22.3. The quantitative estimate of drug-likeness (QED) is 0.777. The van der Waals surface area contributed by atoms with Crippen molar-refractivity contribution in [2.24, 2.45) is 0 Å². The molecular weight excluding hydrogens is 264 g/mol. The average Bonchev–Trinajstić information content (AvgIpc) is 2.51. The molecule has 0 spiro atoms. The standard InChI is InChI=1S/C17H28N2O2/c1-3-21-12-11-18-9-10-19(15(2)13-18)14-17(20)16-7-5-4-6-8-16/h4-8,15,17,20H,3,9-14H2,1-2H3. The summed E-state index contributed by atoms with van der Waals surface area (Å²) >= 11 is 0. The first-order valence-corrected chi connectivity index (χ1v) is 7.98. The third kappa shape index (κ3) is 5.08. The molecule has 2 rings (SSSR count). The van der Waals surface area contributed by atoms with Crippen LogP contribution in [-0.2, 0) is 4.74 Å². The van der Waals surface area contributed by atoms with Crippen LogP contribution in [0.2, 0.25) is 0 Å². The Morgan fingerprint density at radius 1 is 1.29 bits per heavy atom. The van der Waals surface area contributed by atoms with E-state index >= 15 is 0 Å². The molecule has 1 heterocycles. The Morgan fingerprint density at radius 2 is 2.05 bits per heavy atom. The predicted molar refractivity (Wildman–Crippen MR) is 85.4 cm³/mol. The average molecular weight is 292 g/mol.